The summed E-state index contributed by atoms with van der Waals surface area (Å²) in [5, 5.41) is 12.0. The average Bonchev–Trinajstić information content (AvgIpc) is 3.34. The van der Waals surface area contributed by atoms with E-state index < -0.39 is 0 Å². The van der Waals surface area contributed by atoms with Crippen molar-refractivity contribution in [2.24, 2.45) is 15.2 Å². The summed E-state index contributed by atoms with van der Waals surface area (Å²) in [6.07, 6.45) is 4.29. The van der Waals surface area contributed by atoms with Crippen LogP contribution in [0.3, 0.4) is 0 Å². The number of pyridine rings is 1. The van der Waals surface area contributed by atoms with E-state index in [1.807, 2.05) is 53.5 Å². The number of hydrogen-bond donors (Lipinski definition) is 2. The molecular formula is C23H25FN6S2. The van der Waals surface area contributed by atoms with Crippen molar-refractivity contribution in [3.8, 4) is 0 Å². The van der Waals surface area contributed by atoms with Gasteiger partial charge in [-0.3, -0.25) is 14.8 Å². The van der Waals surface area contributed by atoms with Gasteiger partial charge >= 0.3 is 0 Å². The average molecular weight is 469 g/mol. The maximum absolute atomic E-state index is 13.1. The molecule has 3 aromatic rings. The molecule has 32 heavy (non-hydrogen) atoms. The zero-order chi connectivity index (χ0) is 22.4. The zero-order valence-electron chi connectivity index (χ0n) is 17.5. The molecule has 9 heteroatoms. The van der Waals surface area contributed by atoms with Crippen LogP contribution in [0.1, 0.15) is 12.0 Å². The van der Waals surface area contributed by atoms with Crippen LogP contribution in [0.5, 0.6) is 0 Å². The van der Waals surface area contributed by atoms with Crippen LogP contribution in [0.2, 0.25) is 0 Å². The standard InChI is InChI=1S/C17H19FN6S2.C6H6/c18-14-5-3-13(4-6-14)16-7-10-24(22-16)17(21-9-11-25-19)23-26-15-2-1-8-20-12-15;1-2-4-6-5-3-1/h1-6,8,12H,7,9-11,19H2,(H,21,23);1-6H. The van der Waals surface area contributed by atoms with Crippen molar-refractivity contribution >= 4 is 35.6 Å². The summed E-state index contributed by atoms with van der Waals surface area (Å²) in [7, 11) is 0. The number of benzene rings is 2. The number of nitrogens with two attached hydrogens (primary N) is 1. The van der Waals surface area contributed by atoms with Gasteiger partial charge in [-0.25, -0.2) is 14.4 Å². The highest BCUT2D eigenvalue weighted by molar-refractivity contribution is 7.98. The molecule has 2 heterocycles. The van der Waals surface area contributed by atoms with E-state index in [-0.39, 0.29) is 5.82 Å². The number of rotatable bonds is 6. The van der Waals surface area contributed by atoms with Gasteiger partial charge in [0, 0.05) is 29.5 Å². The van der Waals surface area contributed by atoms with Crippen molar-refractivity contribution in [3.05, 3.63) is 96.6 Å². The third kappa shape index (κ3) is 7.99. The lowest BCUT2D eigenvalue weighted by atomic mass is 10.1. The molecule has 0 aliphatic carbocycles. The predicted octanol–water partition coefficient (Wildman–Crippen LogP) is 4.58. The monoisotopic (exact) mass is 468 g/mol. The predicted molar refractivity (Wildman–Crippen MR) is 133 cm³/mol. The summed E-state index contributed by atoms with van der Waals surface area (Å²) in [4.78, 5) is 9.66. The van der Waals surface area contributed by atoms with E-state index in [0.717, 1.165) is 28.3 Å². The van der Waals surface area contributed by atoms with Gasteiger partial charge in [0.15, 0.2) is 0 Å². The van der Waals surface area contributed by atoms with E-state index >= 15 is 0 Å². The molecule has 4 rings (SSSR count). The molecule has 0 fully saturated rings. The number of nitrogens with one attached hydrogen (secondary N) is 1. The summed E-state index contributed by atoms with van der Waals surface area (Å²) in [5.74, 6) is 1.15. The number of hydrogen-bond acceptors (Lipinski definition) is 6. The molecule has 0 saturated carbocycles. The molecule has 0 bridgehead atoms. The highest BCUT2D eigenvalue weighted by Crippen LogP contribution is 2.17. The van der Waals surface area contributed by atoms with Gasteiger partial charge in [-0.15, -0.1) is 0 Å². The Bertz CT molecular complexity index is 958. The molecule has 1 aliphatic heterocycles. The van der Waals surface area contributed by atoms with Gasteiger partial charge in [-0.05, 0) is 41.8 Å². The molecule has 2 aromatic carbocycles. The SMILES string of the molecule is NSCCN=C(NSc1cccnc1)N1CCC(c2ccc(F)cc2)=N1.c1ccccc1. The lowest BCUT2D eigenvalue weighted by Crippen LogP contribution is -2.33. The summed E-state index contributed by atoms with van der Waals surface area (Å²) in [5.41, 5.74) is 1.84. The van der Waals surface area contributed by atoms with E-state index in [9.17, 15) is 4.39 Å². The minimum atomic E-state index is -0.250. The van der Waals surface area contributed by atoms with Crippen molar-refractivity contribution in [1.82, 2.24) is 14.7 Å². The molecule has 0 unspecified atom stereocenters. The summed E-state index contributed by atoms with van der Waals surface area (Å²) >= 11 is 2.69. The van der Waals surface area contributed by atoms with Gasteiger partial charge < -0.3 is 0 Å². The highest BCUT2D eigenvalue weighted by atomic mass is 32.2. The van der Waals surface area contributed by atoms with E-state index in [1.54, 1.807) is 24.5 Å². The normalized spacial score (nSPS) is 13.2. The molecule has 6 nitrogen and oxygen atoms in total. The van der Waals surface area contributed by atoms with Crippen LogP contribution >= 0.6 is 23.9 Å². The van der Waals surface area contributed by atoms with Gasteiger partial charge in [0.05, 0.1) is 18.8 Å². The fraction of sp³-hybridized carbons (Fsp3) is 0.174. The summed E-state index contributed by atoms with van der Waals surface area (Å²) < 4.78 is 16.4. The van der Waals surface area contributed by atoms with Crippen LogP contribution in [0.25, 0.3) is 0 Å². The molecule has 1 aliphatic rings. The van der Waals surface area contributed by atoms with Gasteiger partial charge in [-0.1, -0.05) is 60.5 Å². The molecule has 0 spiro atoms. The first-order valence-corrected chi connectivity index (χ1v) is 11.9. The molecule has 1 aromatic heterocycles. The Balaban J connectivity index is 0.000000416. The second-order valence-corrected chi connectivity index (χ2v) is 8.17. The lowest BCUT2D eigenvalue weighted by Gasteiger charge is -2.17. The maximum atomic E-state index is 13.1. The van der Waals surface area contributed by atoms with Gasteiger partial charge in [-0.2, -0.15) is 5.10 Å². The van der Waals surface area contributed by atoms with Crippen LogP contribution in [-0.2, 0) is 0 Å². The number of guanidine groups is 1. The third-order valence-corrected chi connectivity index (χ3v) is 5.44. The number of hydrazone groups is 1. The Morgan fingerprint density at radius 2 is 1.78 bits per heavy atom. The van der Waals surface area contributed by atoms with Crippen LogP contribution < -0.4 is 9.86 Å². The molecule has 166 valence electrons. The highest BCUT2D eigenvalue weighted by Gasteiger charge is 2.20. The Hall–Kier alpha value is -2.88. The topological polar surface area (TPSA) is 78.9 Å². The smallest absolute Gasteiger partial charge is 0.225 e. The summed E-state index contributed by atoms with van der Waals surface area (Å²) in [6.45, 7) is 1.30. The minimum Gasteiger partial charge on any atom is -0.295 e. The molecule has 0 radical (unpaired) electrons. The fourth-order valence-corrected chi connectivity index (χ4v) is 3.56. The van der Waals surface area contributed by atoms with Crippen molar-refractivity contribution in [1.29, 1.82) is 0 Å². The van der Waals surface area contributed by atoms with Crippen molar-refractivity contribution in [2.75, 3.05) is 18.8 Å². The molecule has 0 atom stereocenters. The first-order valence-electron chi connectivity index (χ1n) is 10.1. The van der Waals surface area contributed by atoms with E-state index in [4.69, 9.17) is 5.14 Å². The first kappa shape index (κ1) is 23.8. The lowest BCUT2D eigenvalue weighted by molar-refractivity contribution is 0.479. The second kappa shape index (κ2) is 13.5. The number of halogens is 1. The number of aromatic nitrogens is 1. The van der Waals surface area contributed by atoms with Crippen LogP contribution in [0, 0.1) is 5.82 Å². The quantitative estimate of drug-likeness (QED) is 0.239. The molecule has 0 saturated heterocycles. The fourth-order valence-electron chi connectivity index (χ4n) is 2.72. The molecule has 0 amide bonds. The van der Waals surface area contributed by atoms with Crippen molar-refractivity contribution in [3.63, 3.8) is 0 Å². The van der Waals surface area contributed by atoms with Crippen molar-refractivity contribution < 1.29 is 4.39 Å². The maximum Gasteiger partial charge on any atom is 0.225 e. The Labute approximate surface area is 196 Å². The van der Waals surface area contributed by atoms with Crippen LogP contribution in [0.4, 0.5) is 4.39 Å². The number of aliphatic imine (C=N–C) groups is 1. The zero-order valence-corrected chi connectivity index (χ0v) is 19.1. The van der Waals surface area contributed by atoms with Crippen LogP contribution in [-0.4, -0.2) is 40.5 Å². The first-order chi connectivity index (χ1) is 15.8. The second-order valence-electron chi connectivity index (χ2n) is 6.55. The van der Waals surface area contributed by atoms with Crippen LogP contribution in [0.15, 0.2) is 100 Å². The van der Waals surface area contributed by atoms with E-state index in [2.05, 4.69) is 19.8 Å². The molecular weight excluding hydrogens is 443 g/mol. The largest absolute Gasteiger partial charge is 0.295 e. The van der Waals surface area contributed by atoms with Crippen molar-refractivity contribution in [2.45, 2.75) is 11.3 Å². The van der Waals surface area contributed by atoms with Gasteiger partial charge in [0.25, 0.3) is 0 Å². The van der Waals surface area contributed by atoms with Gasteiger partial charge in [0.2, 0.25) is 5.96 Å². The molecule has 3 N–H and O–H groups in total. The van der Waals surface area contributed by atoms with E-state index in [1.165, 1.54) is 36.0 Å². The Morgan fingerprint density at radius 3 is 2.41 bits per heavy atom. The minimum absolute atomic E-state index is 0.250. The van der Waals surface area contributed by atoms with E-state index in [0.29, 0.717) is 19.0 Å². The third-order valence-electron chi connectivity index (χ3n) is 4.26. The Morgan fingerprint density at radius 1 is 1.06 bits per heavy atom. The number of nitrogens with zero attached hydrogens (tertiary/aromatic N) is 4. The summed E-state index contributed by atoms with van der Waals surface area (Å²) in [6, 6.07) is 22.2. The Kier molecular flexibility index (Phi) is 10.0. The van der Waals surface area contributed by atoms with Gasteiger partial charge in [0.1, 0.15) is 5.82 Å².